The van der Waals surface area contributed by atoms with E-state index in [0.29, 0.717) is 6.54 Å². The number of nitrogen functional groups attached to an aromatic ring is 1. The Morgan fingerprint density at radius 2 is 2.24 bits per heavy atom. The highest BCUT2D eigenvalue weighted by Crippen LogP contribution is 2.11. The second-order valence-electron chi connectivity index (χ2n) is 3.51. The normalized spacial score (nSPS) is 10.3. The van der Waals surface area contributed by atoms with Gasteiger partial charge in [-0.2, -0.15) is 4.98 Å². The van der Waals surface area contributed by atoms with Gasteiger partial charge in [-0.3, -0.25) is 5.43 Å². The number of rotatable bonds is 8. The first-order valence-corrected chi connectivity index (χ1v) is 5.50. The van der Waals surface area contributed by atoms with Crippen molar-refractivity contribution >= 4 is 11.8 Å². The van der Waals surface area contributed by atoms with Gasteiger partial charge in [0.1, 0.15) is 0 Å². The van der Waals surface area contributed by atoms with Crippen LogP contribution in [0, 0.1) is 5.82 Å². The molecule has 96 valence electrons. The minimum atomic E-state index is -0.485. The molecular weight excluding hydrogens is 225 g/mol. The summed E-state index contributed by atoms with van der Waals surface area (Å²) in [5, 5.41) is 2.90. The molecule has 0 aliphatic heterocycles. The minimum Gasteiger partial charge on any atom is -0.385 e. The van der Waals surface area contributed by atoms with Crippen molar-refractivity contribution in [2.45, 2.75) is 19.3 Å². The molecule has 0 atom stereocenters. The van der Waals surface area contributed by atoms with Gasteiger partial charge in [0.25, 0.3) is 0 Å². The molecule has 0 fully saturated rings. The van der Waals surface area contributed by atoms with E-state index >= 15 is 0 Å². The Hall–Kier alpha value is -1.47. The predicted molar refractivity (Wildman–Crippen MR) is 64.0 cm³/mol. The zero-order valence-corrected chi connectivity index (χ0v) is 9.87. The number of methoxy groups -OCH3 is 1. The molecule has 0 bridgehead atoms. The molecule has 7 heteroatoms. The molecular formula is C10H18FN5O. The number of nitrogens with one attached hydrogen (secondary N) is 2. The molecule has 0 aliphatic rings. The van der Waals surface area contributed by atoms with E-state index in [-0.39, 0.29) is 11.8 Å². The number of hydrogen-bond donors (Lipinski definition) is 3. The van der Waals surface area contributed by atoms with Crippen LogP contribution in [-0.2, 0) is 4.74 Å². The number of hydrogen-bond acceptors (Lipinski definition) is 6. The number of anilines is 2. The maximum atomic E-state index is 13.3. The Balaban J connectivity index is 2.30. The van der Waals surface area contributed by atoms with E-state index in [0.717, 1.165) is 32.1 Å². The van der Waals surface area contributed by atoms with Crippen LogP contribution in [0.15, 0.2) is 6.20 Å². The fourth-order valence-electron chi connectivity index (χ4n) is 1.32. The minimum absolute atomic E-state index is 0.166. The third-order valence-electron chi connectivity index (χ3n) is 2.19. The molecule has 1 heterocycles. The maximum absolute atomic E-state index is 13.3. The van der Waals surface area contributed by atoms with Crippen molar-refractivity contribution in [3.05, 3.63) is 12.0 Å². The summed E-state index contributed by atoms with van der Waals surface area (Å²) >= 11 is 0. The molecule has 4 N–H and O–H groups in total. The molecule has 1 rings (SSSR count). The van der Waals surface area contributed by atoms with Gasteiger partial charge in [0.05, 0.1) is 6.20 Å². The largest absolute Gasteiger partial charge is 0.385 e. The van der Waals surface area contributed by atoms with Crippen molar-refractivity contribution in [3.8, 4) is 0 Å². The van der Waals surface area contributed by atoms with Crippen LogP contribution in [0.1, 0.15) is 19.3 Å². The van der Waals surface area contributed by atoms with Crippen LogP contribution in [0.3, 0.4) is 0 Å². The van der Waals surface area contributed by atoms with Crippen LogP contribution in [0.5, 0.6) is 0 Å². The molecule has 1 aromatic heterocycles. The number of hydrazine groups is 1. The highest BCUT2D eigenvalue weighted by atomic mass is 19.1. The van der Waals surface area contributed by atoms with Gasteiger partial charge >= 0.3 is 0 Å². The molecule has 0 unspecified atom stereocenters. The van der Waals surface area contributed by atoms with E-state index < -0.39 is 5.82 Å². The van der Waals surface area contributed by atoms with Gasteiger partial charge < -0.3 is 10.1 Å². The van der Waals surface area contributed by atoms with Crippen molar-refractivity contribution in [1.82, 2.24) is 9.97 Å². The quantitative estimate of drug-likeness (QED) is 0.360. The van der Waals surface area contributed by atoms with Crippen LogP contribution in [0.25, 0.3) is 0 Å². The van der Waals surface area contributed by atoms with E-state index in [4.69, 9.17) is 10.6 Å². The summed E-state index contributed by atoms with van der Waals surface area (Å²) in [5.74, 6) is 5.01. The average molecular weight is 243 g/mol. The maximum Gasteiger partial charge on any atom is 0.239 e. The fourth-order valence-corrected chi connectivity index (χ4v) is 1.32. The van der Waals surface area contributed by atoms with Gasteiger partial charge in [-0.1, -0.05) is 0 Å². The summed E-state index contributed by atoms with van der Waals surface area (Å²) in [4.78, 5) is 7.51. The van der Waals surface area contributed by atoms with Gasteiger partial charge in [0.2, 0.25) is 5.95 Å². The number of halogens is 1. The van der Waals surface area contributed by atoms with Crippen LogP contribution in [0.4, 0.5) is 16.2 Å². The van der Waals surface area contributed by atoms with E-state index in [1.54, 1.807) is 7.11 Å². The monoisotopic (exact) mass is 243 g/mol. The number of aromatic nitrogens is 2. The molecule has 0 saturated heterocycles. The Kier molecular flexibility index (Phi) is 6.19. The summed E-state index contributed by atoms with van der Waals surface area (Å²) in [6.07, 6.45) is 4.03. The van der Waals surface area contributed by atoms with Crippen LogP contribution >= 0.6 is 0 Å². The zero-order chi connectivity index (χ0) is 12.5. The second kappa shape index (κ2) is 7.75. The lowest BCUT2D eigenvalue weighted by molar-refractivity contribution is 0.192. The summed E-state index contributed by atoms with van der Waals surface area (Å²) in [6.45, 7) is 1.41. The number of ether oxygens (including phenoxy) is 1. The van der Waals surface area contributed by atoms with Gasteiger partial charge in [0, 0.05) is 20.3 Å². The van der Waals surface area contributed by atoms with E-state index in [1.165, 1.54) is 0 Å². The molecule has 0 spiro atoms. The van der Waals surface area contributed by atoms with Gasteiger partial charge in [-0.25, -0.2) is 15.2 Å². The average Bonchev–Trinajstić information content (AvgIpc) is 2.35. The number of unbranched alkanes of at least 4 members (excludes halogenated alkanes) is 2. The van der Waals surface area contributed by atoms with Gasteiger partial charge in [-0.15, -0.1) is 0 Å². The highest BCUT2D eigenvalue weighted by Gasteiger charge is 2.05. The summed E-state index contributed by atoms with van der Waals surface area (Å²) in [6, 6.07) is 0. The van der Waals surface area contributed by atoms with E-state index in [9.17, 15) is 4.39 Å². The molecule has 0 radical (unpaired) electrons. The Labute approximate surface area is 99.7 Å². The van der Waals surface area contributed by atoms with Crippen molar-refractivity contribution < 1.29 is 9.13 Å². The summed E-state index contributed by atoms with van der Waals surface area (Å²) in [5.41, 5.74) is 2.27. The highest BCUT2D eigenvalue weighted by molar-refractivity contribution is 5.40. The molecule has 0 saturated carbocycles. The topological polar surface area (TPSA) is 85.1 Å². The second-order valence-corrected chi connectivity index (χ2v) is 3.51. The molecule has 6 nitrogen and oxygen atoms in total. The van der Waals surface area contributed by atoms with Crippen molar-refractivity contribution in [3.63, 3.8) is 0 Å². The summed E-state index contributed by atoms with van der Waals surface area (Å²) < 4.78 is 18.2. The molecule has 1 aromatic rings. The molecule has 0 aliphatic carbocycles. The first-order valence-electron chi connectivity index (χ1n) is 5.50. The first-order chi connectivity index (χ1) is 8.27. The molecule has 17 heavy (non-hydrogen) atoms. The summed E-state index contributed by atoms with van der Waals surface area (Å²) in [7, 11) is 1.68. The third kappa shape index (κ3) is 4.92. The standard InChI is InChI=1S/C10H18FN5O/c1-17-6-4-2-3-5-13-9-8(11)7-14-10(15-9)16-12/h7H,2-6,12H2,1H3,(H2,13,14,15,16). The predicted octanol–water partition coefficient (Wildman–Crippen LogP) is 1.13. The van der Waals surface area contributed by atoms with E-state index in [1.807, 2.05) is 0 Å². The number of nitrogens with two attached hydrogens (primary N) is 1. The Morgan fingerprint density at radius 3 is 2.94 bits per heavy atom. The Bertz CT molecular complexity index is 336. The smallest absolute Gasteiger partial charge is 0.239 e. The van der Waals surface area contributed by atoms with Crippen LogP contribution < -0.4 is 16.6 Å². The SMILES string of the molecule is COCCCCCNc1nc(NN)ncc1F. The van der Waals surface area contributed by atoms with E-state index in [2.05, 4.69) is 20.7 Å². The molecule has 0 aromatic carbocycles. The third-order valence-corrected chi connectivity index (χ3v) is 2.19. The van der Waals surface area contributed by atoms with Crippen molar-refractivity contribution in [2.75, 3.05) is 31.0 Å². The molecule has 0 amide bonds. The zero-order valence-electron chi connectivity index (χ0n) is 9.87. The lowest BCUT2D eigenvalue weighted by atomic mass is 10.2. The lowest BCUT2D eigenvalue weighted by Crippen LogP contribution is -2.13. The fraction of sp³-hybridized carbons (Fsp3) is 0.600. The number of nitrogens with zero attached hydrogens (tertiary/aromatic N) is 2. The van der Waals surface area contributed by atoms with Crippen LogP contribution in [0.2, 0.25) is 0 Å². The van der Waals surface area contributed by atoms with Crippen molar-refractivity contribution in [1.29, 1.82) is 0 Å². The van der Waals surface area contributed by atoms with Crippen LogP contribution in [-0.4, -0.2) is 30.2 Å². The lowest BCUT2D eigenvalue weighted by Gasteiger charge is -2.07. The van der Waals surface area contributed by atoms with Gasteiger partial charge in [-0.05, 0) is 19.3 Å². The first kappa shape index (κ1) is 13.6. The van der Waals surface area contributed by atoms with Crippen molar-refractivity contribution in [2.24, 2.45) is 5.84 Å². The van der Waals surface area contributed by atoms with Gasteiger partial charge in [0.15, 0.2) is 11.6 Å². The Morgan fingerprint density at radius 1 is 1.41 bits per heavy atom.